The first-order valence-electron chi connectivity index (χ1n) is 5.70. The maximum absolute atomic E-state index is 4.06. The Morgan fingerprint density at radius 1 is 1.27 bits per heavy atom. The summed E-state index contributed by atoms with van der Waals surface area (Å²) < 4.78 is 0. The number of piperidine rings is 1. The maximum Gasteiger partial charge on any atom is 0.148 e. The molecule has 2 atom stereocenters. The Labute approximate surface area is 89.5 Å². The Hall–Kier alpha value is -1.16. The molecule has 3 rings (SSSR count). The topological polar surface area (TPSA) is 49.8 Å². The molecule has 80 valence electrons. The van der Waals surface area contributed by atoms with Crippen molar-refractivity contribution >= 4 is 5.82 Å². The minimum Gasteiger partial charge on any atom is -0.366 e. The van der Waals surface area contributed by atoms with Crippen LogP contribution in [0.3, 0.4) is 0 Å². The summed E-state index contributed by atoms with van der Waals surface area (Å²) in [6.07, 6.45) is 6.81. The van der Waals surface area contributed by atoms with E-state index in [2.05, 4.69) is 20.8 Å². The second-order valence-corrected chi connectivity index (χ2v) is 4.56. The summed E-state index contributed by atoms with van der Waals surface area (Å²) in [5.74, 6) is 0.906. The van der Waals surface area contributed by atoms with Gasteiger partial charge in [0.2, 0.25) is 0 Å². The average Bonchev–Trinajstić information content (AvgIpc) is 2.60. The summed E-state index contributed by atoms with van der Waals surface area (Å²) in [4.78, 5) is 0. The minimum absolute atomic E-state index is 0.570. The molecule has 0 amide bonds. The highest BCUT2D eigenvalue weighted by Crippen LogP contribution is 2.28. The number of anilines is 1. The van der Waals surface area contributed by atoms with Gasteiger partial charge in [0, 0.05) is 24.3 Å². The van der Waals surface area contributed by atoms with Gasteiger partial charge in [-0.25, -0.2) is 0 Å². The van der Waals surface area contributed by atoms with E-state index in [1.807, 2.05) is 12.1 Å². The third kappa shape index (κ3) is 1.95. The molecular formula is C11H16N4. The second-order valence-electron chi connectivity index (χ2n) is 4.56. The van der Waals surface area contributed by atoms with Crippen molar-refractivity contribution in [1.29, 1.82) is 0 Å². The highest BCUT2D eigenvalue weighted by Gasteiger charge is 2.33. The first kappa shape index (κ1) is 9.09. The molecule has 2 aliphatic heterocycles. The van der Waals surface area contributed by atoms with Crippen LogP contribution in [-0.4, -0.2) is 28.3 Å². The number of hydrogen-bond donors (Lipinski definition) is 2. The molecule has 2 fully saturated rings. The highest BCUT2D eigenvalue weighted by molar-refractivity contribution is 5.33. The zero-order valence-corrected chi connectivity index (χ0v) is 8.69. The predicted molar refractivity (Wildman–Crippen MR) is 58.6 cm³/mol. The number of aromatic nitrogens is 2. The summed E-state index contributed by atoms with van der Waals surface area (Å²) in [5, 5.41) is 15.0. The smallest absolute Gasteiger partial charge is 0.148 e. The Bertz CT molecular complexity index is 315. The monoisotopic (exact) mass is 204 g/mol. The van der Waals surface area contributed by atoms with Crippen molar-refractivity contribution in [3.05, 3.63) is 18.3 Å². The van der Waals surface area contributed by atoms with Crippen LogP contribution in [0.5, 0.6) is 0 Å². The third-order valence-electron chi connectivity index (χ3n) is 3.40. The zero-order valence-electron chi connectivity index (χ0n) is 8.69. The van der Waals surface area contributed by atoms with Crippen molar-refractivity contribution in [1.82, 2.24) is 15.5 Å². The fraction of sp³-hybridized carbons (Fsp3) is 0.636. The summed E-state index contributed by atoms with van der Waals surface area (Å²) >= 11 is 0. The van der Waals surface area contributed by atoms with Gasteiger partial charge in [-0.15, -0.1) is 5.10 Å². The van der Waals surface area contributed by atoms with Crippen LogP contribution >= 0.6 is 0 Å². The molecule has 0 aliphatic carbocycles. The van der Waals surface area contributed by atoms with Crippen LogP contribution in [0.15, 0.2) is 18.3 Å². The van der Waals surface area contributed by atoms with Crippen LogP contribution < -0.4 is 10.6 Å². The van der Waals surface area contributed by atoms with Gasteiger partial charge in [0.15, 0.2) is 0 Å². The number of rotatable bonds is 2. The molecule has 0 spiro atoms. The highest BCUT2D eigenvalue weighted by atomic mass is 15.2. The fourth-order valence-corrected chi connectivity index (χ4v) is 2.76. The van der Waals surface area contributed by atoms with Gasteiger partial charge in [-0.05, 0) is 37.8 Å². The first-order valence-corrected chi connectivity index (χ1v) is 5.70. The molecule has 3 heterocycles. The molecule has 4 heteroatoms. The van der Waals surface area contributed by atoms with Crippen LogP contribution in [0.25, 0.3) is 0 Å². The SMILES string of the molecule is c1cnnc(NC2CC3CCC(C2)N3)c1. The Morgan fingerprint density at radius 2 is 2.07 bits per heavy atom. The van der Waals surface area contributed by atoms with E-state index in [0.717, 1.165) is 17.9 Å². The van der Waals surface area contributed by atoms with Crippen molar-refractivity contribution in [2.75, 3.05) is 5.32 Å². The molecule has 2 bridgehead atoms. The van der Waals surface area contributed by atoms with Crippen LogP contribution in [0, 0.1) is 0 Å². The molecular weight excluding hydrogens is 188 g/mol. The molecule has 0 radical (unpaired) electrons. The maximum atomic E-state index is 4.06. The van der Waals surface area contributed by atoms with E-state index >= 15 is 0 Å². The van der Waals surface area contributed by atoms with Crippen LogP contribution in [0.2, 0.25) is 0 Å². The molecule has 2 unspecified atom stereocenters. The standard InChI is InChI=1S/C11H16N4/c1-2-11(15-12-5-1)14-10-6-8-3-4-9(7-10)13-8/h1-2,5,8-10,13H,3-4,6-7H2,(H,14,15). The van der Waals surface area contributed by atoms with Gasteiger partial charge in [-0.1, -0.05) is 0 Å². The quantitative estimate of drug-likeness (QED) is 0.759. The molecule has 15 heavy (non-hydrogen) atoms. The van der Waals surface area contributed by atoms with E-state index in [4.69, 9.17) is 0 Å². The normalized spacial score (nSPS) is 34.0. The number of nitrogens with one attached hydrogen (secondary N) is 2. The van der Waals surface area contributed by atoms with Gasteiger partial charge in [0.1, 0.15) is 5.82 Å². The van der Waals surface area contributed by atoms with E-state index in [1.54, 1.807) is 6.20 Å². The van der Waals surface area contributed by atoms with Crippen molar-refractivity contribution in [2.45, 2.75) is 43.8 Å². The molecule has 1 aromatic heterocycles. The summed E-state index contributed by atoms with van der Waals surface area (Å²) in [6.45, 7) is 0. The second kappa shape index (κ2) is 3.77. The molecule has 2 N–H and O–H groups in total. The number of hydrogen-bond acceptors (Lipinski definition) is 4. The molecule has 0 aromatic carbocycles. The van der Waals surface area contributed by atoms with E-state index in [1.165, 1.54) is 25.7 Å². The number of fused-ring (bicyclic) bond motifs is 2. The van der Waals surface area contributed by atoms with Crippen molar-refractivity contribution in [3.63, 3.8) is 0 Å². The lowest BCUT2D eigenvalue weighted by Crippen LogP contribution is -2.43. The summed E-state index contributed by atoms with van der Waals surface area (Å²) in [5.41, 5.74) is 0. The van der Waals surface area contributed by atoms with E-state index in [0.29, 0.717) is 6.04 Å². The van der Waals surface area contributed by atoms with Crippen molar-refractivity contribution in [2.24, 2.45) is 0 Å². The average molecular weight is 204 g/mol. The molecule has 2 aliphatic rings. The van der Waals surface area contributed by atoms with Gasteiger partial charge in [-0.3, -0.25) is 0 Å². The predicted octanol–water partition coefficient (Wildman–Crippen LogP) is 1.17. The van der Waals surface area contributed by atoms with Crippen molar-refractivity contribution in [3.8, 4) is 0 Å². The Balaban J connectivity index is 1.65. The largest absolute Gasteiger partial charge is 0.366 e. The van der Waals surface area contributed by atoms with E-state index < -0.39 is 0 Å². The van der Waals surface area contributed by atoms with Crippen LogP contribution in [0.1, 0.15) is 25.7 Å². The van der Waals surface area contributed by atoms with Gasteiger partial charge >= 0.3 is 0 Å². The molecule has 1 aromatic rings. The van der Waals surface area contributed by atoms with Gasteiger partial charge in [0.25, 0.3) is 0 Å². The lowest BCUT2D eigenvalue weighted by molar-refractivity contribution is 0.377. The van der Waals surface area contributed by atoms with Crippen molar-refractivity contribution < 1.29 is 0 Å². The van der Waals surface area contributed by atoms with Crippen LogP contribution in [0.4, 0.5) is 5.82 Å². The molecule has 4 nitrogen and oxygen atoms in total. The van der Waals surface area contributed by atoms with E-state index in [9.17, 15) is 0 Å². The summed E-state index contributed by atoms with van der Waals surface area (Å²) in [7, 11) is 0. The fourth-order valence-electron chi connectivity index (χ4n) is 2.76. The zero-order chi connectivity index (χ0) is 10.1. The lowest BCUT2D eigenvalue weighted by Gasteiger charge is -2.29. The molecule has 2 saturated heterocycles. The summed E-state index contributed by atoms with van der Waals surface area (Å²) in [6, 6.07) is 5.92. The first-order chi connectivity index (χ1) is 7.40. The van der Waals surface area contributed by atoms with E-state index in [-0.39, 0.29) is 0 Å². The van der Waals surface area contributed by atoms with Gasteiger partial charge < -0.3 is 10.6 Å². The Kier molecular flexibility index (Phi) is 2.29. The van der Waals surface area contributed by atoms with Crippen LogP contribution in [-0.2, 0) is 0 Å². The Morgan fingerprint density at radius 3 is 2.73 bits per heavy atom. The molecule has 0 saturated carbocycles. The third-order valence-corrected chi connectivity index (χ3v) is 3.40. The van der Waals surface area contributed by atoms with Gasteiger partial charge in [0.05, 0.1) is 0 Å². The lowest BCUT2D eigenvalue weighted by atomic mass is 10.00. The minimum atomic E-state index is 0.570. The number of nitrogens with zero attached hydrogens (tertiary/aromatic N) is 2. The van der Waals surface area contributed by atoms with Gasteiger partial charge in [-0.2, -0.15) is 5.10 Å².